The summed E-state index contributed by atoms with van der Waals surface area (Å²) >= 11 is 0. The van der Waals surface area contributed by atoms with Gasteiger partial charge >= 0.3 is 5.69 Å². The van der Waals surface area contributed by atoms with Gasteiger partial charge in [-0.25, -0.2) is 4.68 Å². The Morgan fingerprint density at radius 3 is 2.76 bits per heavy atom. The van der Waals surface area contributed by atoms with E-state index in [1.807, 2.05) is 6.92 Å². The minimum Gasteiger partial charge on any atom is -0.360 e. The quantitative estimate of drug-likeness (QED) is 0.653. The van der Waals surface area contributed by atoms with Gasteiger partial charge in [-0.3, -0.25) is 14.9 Å². The molecule has 1 atom stereocenters. The molecule has 0 aromatic carbocycles. The molecule has 0 saturated carbocycles. The lowest BCUT2D eigenvalue weighted by Crippen LogP contribution is -2.43. The Hall–Kier alpha value is -2.12. The standard InChI is InChI=1S/C13H21N5O3/c1-4-5-10-12(18(20)21)13(17(3)15-10)14-9-6-7-11(19)16(2)8-9/h9,14H,4-8H2,1-3H3. The van der Waals surface area contributed by atoms with Crippen molar-refractivity contribution < 1.29 is 9.72 Å². The smallest absolute Gasteiger partial charge is 0.334 e. The van der Waals surface area contributed by atoms with Crippen LogP contribution in [0.15, 0.2) is 0 Å². The topological polar surface area (TPSA) is 93.3 Å². The van der Waals surface area contributed by atoms with E-state index < -0.39 is 0 Å². The van der Waals surface area contributed by atoms with Gasteiger partial charge in [-0.05, 0) is 12.8 Å². The van der Waals surface area contributed by atoms with Crippen LogP contribution in [0.25, 0.3) is 0 Å². The fourth-order valence-electron chi connectivity index (χ4n) is 2.65. The third-order valence-corrected chi connectivity index (χ3v) is 3.73. The van der Waals surface area contributed by atoms with Crippen molar-refractivity contribution in [2.75, 3.05) is 18.9 Å². The Labute approximate surface area is 123 Å². The van der Waals surface area contributed by atoms with Gasteiger partial charge in [0.25, 0.3) is 0 Å². The number of nitrogens with one attached hydrogen (secondary N) is 1. The Balaban J connectivity index is 2.23. The molecule has 8 nitrogen and oxygen atoms in total. The molecule has 2 heterocycles. The molecule has 1 aliphatic heterocycles. The summed E-state index contributed by atoms with van der Waals surface area (Å²) in [6.45, 7) is 2.51. The van der Waals surface area contributed by atoms with E-state index in [2.05, 4.69) is 10.4 Å². The minimum absolute atomic E-state index is 0.0104. The van der Waals surface area contributed by atoms with Crippen LogP contribution in [-0.4, -0.2) is 45.1 Å². The predicted octanol–water partition coefficient (Wildman–Crippen LogP) is 1.31. The van der Waals surface area contributed by atoms with E-state index in [4.69, 9.17) is 0 Å². The van der Waals surface area contributed by atoms with Crippen molar-refractivity contribution in [1.29, 1.82) is 0 Å². The van der Waals surface area contributed by atoms with Crippen LogP contribution in [0.2, 0.25) is 0 Å². The molecule has 21 heavy (non-hydrogen) atoms. The van der Waals surface area contributed by atoms with Gasteiger partial charge in [0.1, 0.15) is 5.69 Å². The van der Waals surface area contributed by atoms with Gasteiger partial charge in [-0.2, -0.15) is 5.10 Å². The van der Waals surface area contributed by atoms with Crippen molar-refractivity contribution in [3.05, 3.63) is 15.8 Å². The van der Waals surface area contributed by atoms with Crippen molar-refractivity contribution in [2.45, 2.75) is 38.6 Å². The van der Waals surface area contributed by atoms with E-state index in [9.17, 15) is 14.9 Å². The zero-order chi connectivity index (χ0) is 15.6. The zero-order valence-corrected chi connectivity index (χ0v) is 12.6. The van der Waals surface area contributed by atoms with E-state index in [1.165, 1.54) is 4.68 Å². The van der Waals surface area contributed by atoms with Crippen molar-refractivity contribution in [3.8, 4) is 0 Å². The second-order valence-electron chi connectivity index (χ2n) is 5.43. The lowest BCUT2D eigenvalue weighted by molar-refractivity contribution is -0.384. The maximum absolute atomic E-state index is 11.5. The summed E-state index contributed by atoms with van der Waals surface area (Å²) in [4.78, 5) is 24.1. The third-order valence-electron chi connectivity index (χ3n) is 3.73. The number of aromatic nitrogens is 2. The predicted molar refractivity (Wildman–Crippen MR) is 78.1 cm³/mol. The minimum atomic E-state index is -0.377. The lowest BCUT2D eigenvalue weighted by Gasteiger charge is -2.30. The monoisotopic (exact) mass is 295 g/mol. The van der Waals surface area contributed by atoms with E-state index in [0.717, 1.165) is 6.42 Å². The summed E-state index contributed by atoms with van der Waals surface area (Å²) in [6, 6.07) is 0.0104. The number of carbonyl (C=O) groups excluding carboxylic acids is 1. The van der Waals surface area contributed by atoms with Crippen LogP contribution in [0.5, 0.6) is 0 Å². The molecule has 1 N–H and O–H groups in total. The summed E-state index contributed by atoms with van der Waals surface area (Å²) in [5, 5.41) is 18.8. The fourth-order valence-corrected chi connectivity index (χ4v) is 2.65. The van der Waals surface area contributed by atoms with Crippen LogP contribution in [0.3, 0.4) is 0 Å². The first-order valence-electron chi connectivity index (χ1n) is 7.14. The molecule has 1 saturated heterocycles. The molecule has 1 amide bonds. The molecule has 0 aliphatic carbocycles. The van der Waals surface area contributed by atoms with Gasteiger partial charge in [0, 0.05) is 33.1 Å². The largest absolute Gasteiger partial charge is 0.360 e. The Morgan fingerprint density at radius 2 is 2.19 bits per heavy atom. The van der Waals surface area contributed by atoms with Gasteiger partial charge in [0.05, 0.1) is 4.92 Å². The third kappa shape index (κ3) is 3.14. The highest BCUT2D eigenvalue weighted by molar-refractivity contribution is 5.77. The van der Waals surface area contributed by atoms with E-state index in [1.54, 1.807) is 19.0 Å². The molecule has 116 valence electrons. The molecule has 1 aliphatic rings. The molecule has 1 fully saturated rings. The van der Waals surface area contributed by atoms with Crippen molar-refractivity contribution in [3.63, 3.8) is 0 Å². The zero-order valence-electron chi connectivity index (χ0n) is 12.6. The summed E-state index contributed by atoms with van der Waals surface area (Å²) in [6.07, 6.45) is 2.52. The molecule has 2 rings (SSSR count). The van der Waals surface area contributed by atoms with E-state index in [0.29, 0.717) is 37.3 Å². The average Bonchev–Trinajstić information content (AvgIpc) is 2.71. The Kier molecular flexibility index (Phi) is 4.44. The number of nitro groups is 1. The molecular weight excluding hydrogens is 274 g/mol. The number of hydrogen-bond donors (Lipinski definition) is 1. The van der Waals surface area contributed by atoms with Crippen LogP contribution < -0.4 is 5.32 Å². The van der Waals surface area contributed by atoms with Gasteiger partial charge in [-0.1, -0.05) is 13.3 Å². The van der Waals surface area contributed by atoms with Crippen LogP contribution in [0, 0.1) is 10.1 Å². The molecule has 0 radical (unpaired) electrons. The Bertz CT molecular complexity index is 554. The van der Waals surface area contributed by atoms with E-state index in [-0.39, 0.29) is 22.6 Å². The van der Waals surface area contributed by atoms with Crippen molar-refractivity contribution in [1.82, 2.24) is 14.7 Å². The molecule has 0 bridgehead atoms. The first-order chi connectivity index (χ1) is 9.93. The average molecular weight is 295 g/mol. The maximum atomic E-state index is 11.5. The van der Waals surface area contributed by atoms with Crippen LogP contribution in [-0.2, 0) is 18.3 Å². The van der Waals surface area contributed by atoms with Crippen LogP contribution in [0.1, 0.15) is 31.9 Å². The number of likely N-dealkylation sites (tertiary alicyclic amines) is 1. The number of amides is 1. The second-order valence-corrected chi connectivity index (χ2v) is 5.43. The number of carbonyl (C=O) groups is 1. The molecule has 1 aromatic heterocycles. The molecule has 8 heteroatoms. The maximum Gasteiger partial charge on any atom is 0.334 e. The van der Waals surface area contributed by atoms with Gasteiger partial charge in [0.15, 0.2) is 0 Å². The number of piperidine rings is 1. The normalized spacial score (nSPS) is 18.9. The number of nitrogens with zero attached hydrogens (tertiary/aromatic N) is 4. The Morgan fingerprint density at radius 1 is 1.48 bits per heavy atom. The van der Waals surface area contributed by atoms with Crippen molar-refractivity contribution >= 4 is 17.4 Å². The van der Waals surface area contributed by atoms with Gasteiger partial charge in [0.2, 0.25) is 11.7 Å². The number of aryl methyl sites for hydroxylation is 2. The van der Waals surface area contributed by atoms with Gasteiger partial charge < -0.3 is 10.2 Å². The highest BCUT2D eigenvalue weighted by Gasteiger charge is 2.30. The summed E-state index contributed by atoms with van der Waals surface area (Å²) in [5.41, 5.74) is 0.562. The van der Waals surface area contributed by atoms with E-state index >= 15 is 0 Å². The van der Waals surface area contributed by atoms with Crippen LogP contribution in [0.4, 0.5) is 11.5 Å². The molecule has 1 unspecified atom stereocenters. The highest BCUT2D eigenvalue weighted by Crippen LogP contribution is 2.30. The number of likely N-dealkylation sites (N-methyl/N-ethyl adjacent to an activating group) is 1. The highest BCUT2D eigenvalue weighted by atomic mass is 16.6. The summed E-state index contributed by atoms with van der Waals surface area (Å²) in [7, 11) is 3.45. The summed E-state index contributed by atoms with van der Waals surface area (Å²) < 4.78 is 1.53. The lowest BCUT2D eigenvalue weighted by atomic mass is 10.1. The fraction of sp³-hybridized carbons (Fsp3) is 0.692. The van der Waals surface area contributed by atoms with Crippen molar-refractivity contribution in [2.24, 2.45) is 7.05 Å². The second kappa shape index (κ2) is 6.11. The van der Waals surface area contributed by atoms with Gasteiger partial charge in [-0.15, -0.1) is 0 Å². The number of anilines is 1. The SMILES string of the molecule is CCCc1nn(C)c(NC2CCC(=O)N(C)C2)c1[N+](=O)[O-]. The first-order valence-corrected chi connectivity index (χ1v) is 7.14. The molecular formula is C13H21N5O3. The first kappa shape index (κ1) is 15.3. The van der Waals surface area contributed by atoms with Crippen LogP contribution >= 0.6 is 0 Å². The molecule has 0 spiro atoms. The number of rotatable bonds is 5. The number of hydrogen-bond acceptors (Lipinski definition) is 5. The summed E-state index contributed by atoms with van der Waals surface area (Å²) in [5.74, 6) is 0.537. The molecule has 1 aromatic rings.